The van der Waals surface area contributed by atoms with Crippen LogP contribution in [-0.2, 0) is 20.0 Å². The number of nitrogens with one attached hydrogen (secondary N) is 1. The molecule has 0 atom stereocenters. The monoisotopic (exact) mass is 314 g/mol. The van der Waals surface area contributed by atoms with Crippen LogP contribution in [0.2, 0.25) is 0 Å². The number of rotatable bonds is 2. The fourth-order valence-corrected chi connectivity index (χ4v) is 2.88. The third-order valence-electron chi connectivity index (χ3n) is 4.14. The van der Waals surface area contributed by atoms with Crippen molar-refractivity contribution >= 4 is 23.4 Å². The van der Waals surface area contributed by atoms with Crippen molar-refractivity contribution in [1.29, 1.82) is 0 Å². The lowest BCUT2D eigenvalue weighted by Crippen LogP contribution is -2.34. The number of carboxylic acid groups (broad SMARTS) is 1. The molecule has 7 heteroatoms. The molecule has 2 heterocycles. The number of anilines is 2. The number of carbonyl (C=O) groups is 2. The number of benzene rings is 1. The number of para-hydroxylation sites is 2. The smallest absolute Gasteiger partial charge is 0.407 e. The zero-order chi connectivity index (χ0) is 16.6. The van der Waals surface area contributed by atoms with E-state index < -0.39 is 6.09 Å². The Bertz CT molecular complexity index is 782. The number of hydrogen-bond donors (Lipinski definition) is 3. The molecule has 3 rings (SSSR count). The number of nitrogen functional groups attached to an aromatic ring is 1. The van der Waals surface area contributed by atoms with Crippen LogP contribution in [0.1, 0.15) is 21.7 Å². The number of nitrogens with zero attached hydrogens (tertiary/aromatic N) is 2. The van der Waals surface area contributed by atoms with E-state index >= 15 is 0 Å². The van der Waals surface area contributed by atoms with Crippen LogP contribution in [-0.4, -0.2) is 33.1 Å². The molecule has 1 aromatic carbocycles. The molecule has 23 heavy (non-hydrogen) atoms. The first-order valence-electron chi connectivity index (χ1n) is 7.28. The van der Waals surface area contributed by atoms with Crippen molar-refractivity contribution in [2.45, 2.75) is 13.0 Å². The van der Waals surface area contributed by atoms with Gasteiger partial charge in [-0.2, -0.15) is 0 Å². The Morgan fingerprint density at radius 1 is 1.30 bits per heavy atom. The van der Waals surface area contributed by atoms with Crippen molar-refractivity contribution in [2.24, 2.45) is 7.05 Å². The lowest BCUT2D eigenvalue weighted by atomic mass is 10.1. The fraction of sp³-hybridized carbons (Fsp3) is 0.250. The molecule has 0 saturated heterocycles. The highest BCUT2D eigenvalue weighted by Crippen LogP contribution is 2.24. The summed E-state index contributed by atoms with van der Waals surface area (Å²) in [5, 5.41) is 11.9. The van der Waals surface area contributed by atoms with Crippen molar-refractivity contribution in [3.63, 3.8) is 0 Å². The molecule has 1 aliphatic heterocycles. The number of fused-ring (bicyclic) bond motifs is 1. The highest BCUT2D eigenvalue weighted by atomic mass is 16.4. The number of amides is 2. The van der Waals surface area contributed by atoms with E-state index in [-0.39, 0.29) is 5.91 Å². The van der Waals surface area contributed by atoms with E-state index in [0.717, 1.165) is 11.3 Å². The number of nitrogens with two attached hydrogens (primary N) is 1. The van der Waals surface area contributed by atoms with Crippen LogP contribution < -0.4 is 11.1 Å². The van der Waals surface area contributed by atoms with Gasteiger partial charge in [0.25, 0.3) is 5.91 Å². The highest BCUT2D eigenvalue weighted by molar-refractivity contribution is 6.05. The molecule has 1 aromatic heterocycles. The molecule has 0 bridgehead atoms. The molecule has 0 unspecified atom stereocenters. The van der Waals surface area contributed by atoms with Gasteiger partial charge in [-0.1, -0.05) is 12.1 Å². The van der Waals surface area contributed by atoms with Gasteiger partial charge in [0.15, 0.2) is 0 Å². The van der Waals surface area contributed by atoms with E-state index in [0.29, 0.717) is 36.6 Å². The predicted octanol–water partition coefficient (Wildman–Crippen LogP) is 1.90. The molecule has 1 aliphatic rings. The summed E-state index contributed by atoms with van der Waals surface area (Å²) >= 11 is 0. The second-order valence-electron chi connectivity index (χ2n) is 5.56. The minimum Gasteiger partial charge on any atom is -0.465 e. The normalized spacial score (nSPS) is 13.5. The topological polar surface area (TPSA) is 101 Å². The number of hydrogen-bond acceptors (Lipinski definition) is 3. The number of aromatic nitrogens is 1. The molecule has 0 radical (unpaired) electrons. The molecular formula is C16H18N4O3. The van der Waals surface area contributed by atoms with Crippen LogP contribution in [0, 0.1) is 0 Å². The SMILES string of the molecule is Cn1c(C(=O)Nc2ccccc2N)cc2c1CCN(C(=O)O)C2. The van der Waals surface area contributed by atoms with E-state index in [4.69, 9.17) is 10.8 Å². The summed E-state index contributed by atoms with van der Waals surface area (Å²) in [7, 11) is 1.82. The summed E-state index contributed by atoms with van der Waals surface area (Å²) in [6, 6.07) is 8.80. The van der Waals surface area contributed by atoms with Crippen molar-refractivity contribution in [3.05, 3.63) is 47.3 Å². The Morgan fingerprint density at radius 2 is 2.04 bits per heavy atom. The van der Waals surface area contributed by atoms with Gasteiger partial charge in [-0.15, -0.1) is 0 Å². The molecule has 0 aliphatic carbocycles. The first-order chi connectivity index (χ1) is 11.0. The van der Waals surface area contributed by atoms with E-state index in [2.05, 4.69) is 5.32 Å². The lowest BCUT2D eigenvalue weighted by molar-refractivity contribution is 0.101. The molecule has 120 valence electrons. The Morgan fingerprint density at radius 3 is 2.74 bits per heavy atom. The van der Waals surface area contributed by atoms with Gasteiger partial charge in [-0.3, -0.25) is 4.79 Å². The zero-order valence-electron chi connectivity index (χ0n) is 12.7. The highest BCUT2D eigenvalue weighted by Gasteiger charge is 2.25. The third-order valence-corrected chi connectivity index (χ3v) is 4.14. The van der Waals surface area contributed by atoms with Crippen LogP contribution >= 0.6 is 0 Å². The van der Waals surface area contributed by atoms with E-state index in [1.54, 1.807) is 30.3 Å². The summed E-state index contributed by atoms with van der Waals surface area (Å²) in [6.07, 6.45) is -0.346. The van der Waals surface area contributed by atoms with Crippen LogP contribution in [0.5, 0.6) is 0 Å². The fourth-order valence-electron chi connectivity index (χ4n) is 2.88. The van der Waals surface area contributed by atoms with Crippen LogP contribution in [0.3, 0.4) is 0 Å². The van der Waals surface area contributed by atoms with E-state index in [1.165, 1.54) is 4.90 Å². The van der Waals surface area contributed by atoms with Crippen LogP contribution in [0.15, 0.2) is 30.3 Å². The molecule has 0 fully saturated rings. The molecule has 0 saturated carbocycles. The lowest BCUT2D eigenvalue weighted by Gasteiger charge is -2.24. The first-order valence-corrected chi connectivity index (χ1v) is 7.28. The quantitative estimate of drug-likeness (QED) is 0.737. The molecular weight excluding hydrogens is 296 g/mol. The summed E-state index contributed by atoms with van der Waals surface area (Å²) in [4.78, 5) is 24.9. The third kappa shape index (κ3) is 2.73. The predicted molar refractivity (Wildman–Crippen MR) is 86.4 cm³/mol. The minimum atomic E-state index is -0.942. The molecule has 4 N–H and O–H groups in total. The first kappa shape index (κ1) is 15.0. The average Bonchev–Trinajstić information content (AvgIpc) is 2.86. The van der Waals surface area contributed by atoms with Gasteiger partial charge in [0.05, 0.1) is 17.9 Å². The van der Waals surface area contributed by atoms with Crippen molar-refractivity contribution in [2.75, 3.05) is 17.6 Å². The standard InChI is InChI=1S/C16H18N4O3/c1-19-13-6-7-20(16(22)23)9-10(13)8-14(19)15(21)18-12-5-3-2-4-11(12)17/h2-5,8H,6-7,9,17H2,1H3,(H,18,21)(H,22,23). The van der Waals surface area contributed by atoms with Gasteiger partial charge >= 0.3 is 6.09 Å². The largest absolute Gasteiger partial charge is 0.465 e. The van der Waals surface area contributed by atoms with Crippen molar-refractivity contribution in [1.82, 2.24) is 9.47 Å². The molecule has 2 amide bonds. The Labute approximate surface area is 133 Å². The summed E-state index contributed by atoms with van der Waals surface area (Å²) in [6.45, 7) is 0.742. The Kier molecular flexibility index (Phi) is 3.69. The van der Waals surface area contributed by atoms with Gasteiger partial charge in [0, 0.05) is 25.7 Å². The molecule has 7 nitrogen and oxygen atoms in total. The Balaban J connectivity index is 1.86. The number of carbonyl (C=O) groups excluding carboxylic acids is 1. The minimum absolute atomic E-state index is 0.262. The second-order valence-corrected chi connectivity index (χ2v) is 5.56. The summed E-state index contributed by atoms with van der Waals surface area (Å²) in [5.74, 6) is -0.262. The van der Waals surface area contributed by atoms with E-state index in [1.807, 2.05) is 11.6 Å². The molecule has 2 aromatic rings. The average molecular weight is 314 g/mol. The summed E-state index contributed by atoms with van der Waals surface area (Å²) in [5.41, 5.74) is 9.25. The van der Waals surface area contributed by atoms with Gasteiger partial charge in [-0.25, -0.2) is 4.79 Å². The van der Waals surface area contributed by atoms with Crippen molar-refractivity contribution < 1.29 is 14.7 Å². The van der Waals surface area contributed by atoms with Gasteiger partial charge in [0.1, 0.15) is 5.69 Å². The van der Waals surface area contributed by atoms with E-state index in [9.17, 15) is 9.59 Å². The molecule has 0 spiro atoms. The maximum Gasteiger partial charge on any atom is 0.407 e. The van der Waals surface area contributed by atoms with Crippen LogP contribution in [0.4, 0.5) is 16.2 Å². The summed E-state index contributed by atoms with van der Waals surface area (Å²) < 4.78 is 1.82. The maximum absolute atomic E-state index is 12.5. The Hall–Kier alpha value is -2.96. The van der Waals surface area contributed by atoms with Gasteiger partial charge < -0.3 is 25.6 Å². The van der Waals surface area contributed by atoms with Crippen molar-refractivity contribution in [3.8, 4) is 0 Å². The maximum atomic E-state index is 12.5. The van der Waals surface area contributed by atoms with Gasteiger partial charge in [-0.05, 0) is 23.8 Å². The zero-order valence-corrected chi connectivity index (χ0v) is 12.7. The van der Waals surface area contributed by atoms with Gasteiger partial charge in [0.2, 0.25) is 0 Å². The van der Waals surface area contributed by atoms with Crippen LogP contribution in [0.25, 0.3) is 0 Å². The second kappa shape index (κ2) is 5.68.